The van der Waals surface area contributed by atoms with Crippen molar-refractivity contribution in [3.05, 3.63) is 174 Å². The minimum Gasteiger partial charge on any atom is -0.497 e. The van der Waals surface area contributed by atoms with Crippen molar-refractivity contribution in [2.75, 3.05) is 89.8 Å². The van der Waals surface area contributed by atoms with E-state index in [1.54, 1.807) is 35.2 Å². The first-order valence-electron chi connectivity index (χ1n) is 32.4. The van der Waals surface area contributed by atoms with Crippen LogP contribution in [0, 0.1) is 30.4 Å². The van der Waals surface area contributed by atoms with E-state index in [2.05, 4.69) is 79.3 Å². The highest BCUT2D eigenvalue weighted by molar-refractivity contribution is 5.97. The Kier molecular flexibility index (Phi) is 18.8. The van der Waals surface area contributed by atoms with E-state index in [1.807, 2.05) is 96.8 Å². The summed E-state index contributed by atoms with van der Waals surface area (Å²) in [6, 6.07) is 35.5. The maximum Gasteiger partial charge on any atom is 0.256 e. The summed E-state index contributed by atoms with van der Waals surface area (Å²) in [5, 5.41) is 6.50. The van der Waals surface area contributed by atoms with E-state index in [-0.39, 0.29) is 46.3 Å². The molecule has 1 atom stereocenters. The molecule has 3 aliphatic rings. The predicted molar refractivity (Wildman–Crippen MR) is 373 cm³/mol. The van der Waals surface area contributed by atoms with Crippen LogP contribution in [0.3, 0.4) is 0 Å². The lowest BCUT2D eigenvalue weighted by atomic mass is 9.95. The number of benzene rings is 6. The van der Waals surface area contributed by atoms with E-state index in [9.17, 15) is 18.8 Å². The number of H-pyrrole nitrogens is 3. The van der Waals surface area contributed by atoms with Crippen molar-refractivity contribution < 1.29 is 27.9 Å². The minimum atomic E-state index is -0.593. The third-order valence-corrected chi connectivity index (χ3v) is 17.8. The molecule has 3 amide bonds. The summed E-state index contributed by atoms with van der Waals surface area (Å²) in [5.74, 6) is 2.23. The van der Waals surface area contributed by atoms with Crippen molar-refractivity contribution in [2.24, 2.45) is 11.8 Å². The fourth-order valence-electron chi connectivity index (χ4n) is 12.2. The minimum absolute atomic E-state index is 0.0477. The maximum absolute atomic E-state index is 15.0. The number of methoxy groups -OCH3 is 1. The van der Waals surface area contributed by atoms with Gasteiger partial charge in [0.25, 0.3) is 17.7 Å². The molecule has 15 rings (SSSR count). The van der Waals surface area contributed by atoms with E-state index in [0.29, 0.717) is 119 Å². The molecular weight excluding hydrogens is 1250 g/mol. The van der Waals surface area contributed by atoms with E-state index in [0.717, 1.165) is 89.0 Å². The van der Waals surface area contributed by atoms with Gasteiger partial charge in [-0.3, -0.25) is 14.4 Å². The molecule has 24 nitrogen and oxygen atoms in total. The van der Waals surface area contributed by atoms with Gasteiger partial charge in [-0.1, -0.05) is 62.4 Å². The van der Waals surface area contributed by atoms with E-state index < -0.39 is 11.6 Å². The second-order valence-electron chi connectivity index (χ2n) is 24.5. The standard InChI is InChI=1S/C26H27FN6O.C24H25N7O2.C22H20FN7O/c1-14(2)17-9-10-33(13-17)26(34)18-8-7-16(11-19(18)27)21-12-29-24(28)23(30-21)25-31-20-6-4-5-15(3)22(20)32-25;1-33-17-7-8-18-19(13-17)30-23(29-18)21-22(25)27-14-20(28-21)15-3-5-16(6-4-15)24(32)31-11-2-9-26-10-12-31;23-15-11-13(5-6-14(15)22(31)30-9-7-25-8-10-30)18-12-26-20(24)19(27-18)21-28-16-3-1-2-4-17(16)29-21/h4-8,11-12,14,17H,9-10,13H2,1-3H3,(H2,28,29)(H,31,32);3-8,13-14,26H,2,9-12H2,1H3,(H2,25,27)(H,29,30);1-6,11-12,25H,7-10H2,(H2,24,26)(H,28,29)/t17-;;/m1../s1. The summed E-state index contributed by atoms with van der Waals surface area (Å²) < 4.78 is 35.2. The zero-order valence-electron chi connectivity index (χ0n) is 54.4. The Bertz CT molecular complexity index is 4910. The van der Waals surface area contributed by atoms with Gasteiger partial charge in [-0.25, -0.2) is 53.6 Å². The Morgan fingerprint density at radius 2 is 1.03 bits per heavy atom. The Labute approximate surface area is 562 Å². The van der Waals surface area contributed by atoms with Gasteiger partial charge in [0.05, 0.1) is 87.0 Å². The summed E-state index contributed by atoms with van der Waals surface area (Å²) in [6.07, 6.45) is 6.52. The number of aromatic amines is 3. The van der Waals surface area contributed by atoms with Crippen LogP contribution in [0.2, 0.25) is 0 Å². The summed E-state index contributed by atoms with van der Waals surface area (Å²) in [5.41, 5.74) is 29.6. The van der Waals surface area contributed by atoms with Crippen LogP contribution in [-0.4, -0.2) is 165 Å². The quantitative estimate of drug-likeness (QED) is 0.0597. The molecule has 498 valence electrons. The predicted octanol–water partition coefficient (Wildman–Crippen LogP) is 10.0. The summed E-state index contributed by atoms with van der Waals surface area (Å²) >= 11 is 0. The number of nitrogen functional groups attached to an aromatic ring is 3. The lowest BCUT2D eigenvalue weighted by molar-refractivity contribution is 0.0729. The summed E-state index contributed by atoms with van der Waals surface area (Å²) in [6.45, 7) is 13.4. The number of aromatic nitrogens is 12. The number of nitrogens with zero attached hydrogens (tertiary/aromatic N) is 12. The Morgan fingerprint density at radius 1 is 0.520 bits per heavy atom. The molecule has 0 unspecified atom stereocenters. The van der Waals surface area contributed by atoms with Gasteiger partial charge in [0.2, 0.25) is 0 Å². The molecule has 98 heavy (non-hydrogen) atoms. The van der Waals surface area contributed by atoms with Crippen LogP contribution in [0.5, 0.6) is 5.75 Å². The monoisotopic (exact) mass is 1320 g/mol. The topological polar surface area (TPSA) is 336 Å². The van der Waals surface area contributed by atoms with Crippen molar-refractivity contribution >= 4 is 68.3 Å². The second-order valence-corrected chi connectivity index (χ2v) is 24.5. The Balaban J connectivity index is 0.000000132. The first kappa shape index (κ1) is 65.0. The number of para-hydroxylation sites is 3. The van der Waals surface area contributed by atoms with Gasteiger partial charge in [-0.05, 0) is 110 Å². The molecule has 0 aliphatic carbocycles. The molecule has 26 heteroatoms. The molecule has 6 aromatic heterocycles. The van der Waals surface area contributed by atoms with Gasteiger partial charge in [0.15, 0.2) is 34.9 Å². The van der Waals surface area contributed by atoms with E-state index in [1.165, 1.54) is 36.7 Å². The number of imidazole rings is 3. The molecule has 0 spiro atoms. The largest absolute Gasteiger partial charge is 0.497 e. The molecule has 3 aliphatic heterocycles. The normalized spacial score (nSPS) is 14.8. The first-order valence-corrected chi connectivity index (χ1v) is 32.4. The molecule has 0 bridgehead atoms. The number of anilines is 3. The fraction of sp³-hybridized carbons (Fsp3) is 0.250. The van der Waals surface area contributed by atoms with Gasteiger partial charge in [0, 0.05) is 87.2 Å². The van der Waals surface area contributed by atoms with E-state index >= 15 is 4.39 Å². The molecule has 11 N–H and O–H groups in total. The molecular formula is C72H72F2N20O4. The third-order valence-electron chi connectivity index (χ3n) is 17.8. The number of rotatable bonds is 11. The first-order chi connectivity index (χ1) is 47.5. The molecule has 9 heterocycles. The molecule has 0 saturated carbocycles. The molecule has 6 aromatic carbocycles. The van der Waals surface area contributed by atoms with Gasteiger partial charge in [-0.15, -0.1) is 0 Å². The van der Waals surface area contributed by atoms with Gasteiger partial charge in [-0.2, -0.15) is 0 Å². The van der Waals surface area contributed by atoms with Gasteiger partial charge < -0.3 is 62.2 Å². The van der Waals surface area contributed by atoms with Crippen LogP contribution >= 0.6 is 0 Å². The number of nitrogens with two attached hydrogens (primary N) is 3. The van der Waals surface area contributed by atoms with Crippen molar-refractivity contribution in [1.82, 2.24) is 85.1 Å². The van der Waals surface area contributed by atoms with Crippen LogP contribution in [0.25, 0.3) is 101 Å². The molecule has 3 saturated heterocycles. The molecule has 12 aromatic rings. The van der Waals surface area contributed by atoms with Gasteiger partial charge >= 0.3 is 0 Å². The maximum atomic E-state index is 15.0. The average molecular weight is 1320 g/mol. The number of aryl methyl sites for hydroxylation is 1. The molecule has 0 radical (unpaired) electrons. The highest BCUT2D eigenvalue weighted by atomic mass is 19.1. The number of halogens is 2. The smallest absolute Gasteiger partial charge is 0.256 e. The number of hydrogen-bond acceptors (Lipinski definition) is 18. The van der Waals surface area contributed by atoms with Crippen molar-refractivity contribution in [1.29, 1.82) is 0 Å². The van der Waals surface area contributed by atoms with Crippen molar-refractivity contribution in [3.63, 3.8) is 0 Å². The van der Waals surface area contributed by atoms with Crippen LogP contribution in [-0.2, 0) is 0 Å². The van der Waals surface area contributed by atoms with E-state index in [4.69, 9.17) is 26.9 Å². The number of amides is 3. The van der Waals surface area contributed by atoms with Crippen molar-refractivity contribution in [3.8, 4) is 74.1 Å². The zero-order chi connectivity index (χ0) is 68.1. The van der Waals surface area contributed by atoms with Crippen LogP contribution in [0.15, 0.2) is 140 Å². The number of carbonyl (C=O) groups excluding carboxylic acids is 3. The number of piperazine rings is 1. The number of nitrogens with one attached hydrogen (secondary N) is 5. The average Bonchev–Trinajstić information content (AvgIpc) is 1.59. The van der Waals surface area contributed by atoms with Crippen LogP contribution in [0.4, 0.5) is 26.2 Å². The lowest BCUT2D eigenvalue weighted by Gasteiger charge is -2.27. The Hall–Kier alpha value is -11.6. The molecule has 3 fully saturated rings. The summed E-state index contributed by atoms with van der Waals surface area (Å²) in [7, 11) is 1.62. The number of fused-ring (bicyclic) bond motifs is 3. The highest BCUT2D eigenvalue weighted by Gasteiger charge is 2.31. The van der Waals surface area contributed by atoms with Gasteiger partial charge in [0.1, 0.15) is 34.5 Å². The lowest BCUT2D eigenvalue weighted by Crippen LogP contribution is -2.46. The number of hydrogen-bond donors (Lipinski definition) is 8. The number of ether oxygens (including phenoxy) is 1. The highest BCUT2D eigenvalue weighted by Crippen LogP contribution is 2.33. The summed E-state index contributed by atoms with van der Waals surface area (Å²) in [4.78, 5) is 93.8. The second kappa shape index (κ2) is 28.4. The third kappa shape index (κ3) is 13.9. The van der Waals surface area contributed by atoms with Crippen LogP contribution in [0.1, 0.15) is 63.3 Å². The SMILES string of the molecule is COc1ccc2nc(-c3nc(-c4ccc(C(=O)N5CCCNCC5)cc4)cnc3N)[nH]c2c1.Cc1cccc2[nH]c(-c3nc(-c4ccc(C(=O)N5CC[C@@H](C(C)C)C5)c(F)c4)cnc3N)nc12.Nc1ncc(-c2ccc(C(=O)N3CCNCC3)c(F)c2)nc1-c1nc2ccccc2[nH]1. The number of carbonyl (C=O) groups is 3. The zero-order valence-corrected chi connectivity index (χ0v) is 54.4. The van der Waals surface area contributed by atoms with Crippen molar-refractivity contribution in [2.45, 2.75) is 33.6 Å². The number of likely N-dealkylation sites (tertiary alicyclic amines) is 1. The Morgan fingerprint density at radius 3 is 1.59 bits per heavy atom. The van der Waals surface area contributed by atoms with Crippen LogP contribution < -0.4 is 32.6 Å². The fourth-order valence-corrected chi connectivity index (χ4v) is 12.2.